The number of hydrogen-bond donors (Lipinski definition) is 1. The summed E-state index contributed by atoms with van der Waals surface area (Å²) in [5.41, 5.74) is 1.56. The monoisotopic (exact) mass is 259 g/mol. The smallest absolute Gasteiger partial charge is 0.358 e. The van der Waals surface area contributed by atoms with Crippen molar-refractivity contribution in [3.05, 3.63) is 48.2 Å². The van der Waals surface area contributed by atoms with Gasteiger partial charge < -0.3 is 14.4 Å². The first-order valence-corrected chi connectivity index (χ1v) is 5.64. The Kier molecular flexibility index (Phi) is 3.66. The van der Waals surface area contributed by atoms with Crippen molar-refractivity contribution in [2.75, 3.05) is 6.61 Å². The van der Waals surface area contributed by atoms with E-state index in [1.807, 2.05) is 6.92 Å². The van der Waals surface area contributed by atoms with Crippen LogP contribution in [0.1, 0.15) is 17.4 Å². The number of carbonyl (C=O) groups is 1. The predicted octanol–water partition coefficient (Wildman–Crippen LogP) is 2.99. The van der Waals surface area contributed by atoms with Crippen molar-refractivity contribution >= 4 is 5.97 Å². The molecule has 0 fully saturated rings. The van der Waals surface area contributed by atoms with Crippen LogP contribution in [-0.4, -0.2) is 22.8 Å². The molecule has 5 heteroatoms. The minimum atomic E-state index is -1.11. The van der Waals surface area contributed by atoms with Crippen LogP contribution >= 0.6 is 0 Å². The number of aromatic carboxylic acids is 1. The molecule has 0 aliphatic carbocycles. The molecular formula is C14H13NO4. The van der Waals surface area contributed by atoms with E-state index in [1.165, 1.54) is 6.07 Å². The fourth-order valence-electron chi connectivity index (χ4n) is 1.43. The highest BCUT2D eigenvalue weighted by Gasteiger charge is 2.11. The summed E-state index contributed by atoms with van der Waals surface area (Å²) in [5.74, 6) is 0.00462. The third kappa shape index (κ3) is 3.22. The van der Waals surface area contributed by atoms with E-state index in [0.717, 1.165) is 11.1 Å². The van der Waals surface area contributed by atoms with E-state index < -0.39 is 5.97 Å². The summed E-state index contributed by atoms with van der Waals surface area (Å²) in [6, 6.07) is 8.49. The van der Waals surface area contributed by atoms with Gasteiger partial charge >= 0.3 is 5.97 Å². The van der Waals surface area contributed by atoms with Gasteiger partial charge in [0.2, 0.25) is 0 Å². The standard InChI is InChI=1S/C14H13NO4/c1-9(2)8-18-11-5-3-10(4-6-11)13-7-12(14(16)17)15-19-13/h3-7H,1,8H2,2H3,(H,16,17). The van der Waals surface area contributed by atoms with E-state index >= 15 is 0 Å². The molecule has 0 unspecified atom stereocenters. The van der Waals surface area contributed by atoms with Gasteiger partial charge in [-0.2, -0.15) is 0 Å². The number of benzene rings is 1. The van der Waals surface area contributed by atoms with Crippen LogP contribution in [0.2, 0.25) is 0 Å². The predicted molar refractivity (Wildman–Crippen MR) is 69.2 cm³/mol. The fourth-order valence-corrected chi connectivity index (χ4v) is 1.43. The van der Waals surface area contributed by atoms with Crippen molar-refractivity contribution in [2.24, 2.45) is 0 Å². The van der Waals surface area contributed by atoms with Gasteiger partial charge in [0.25, 0.3) is 0 Å². The first-order chi connectivity index (χ1) is 9.06. The molecule has 0 spiro atoms. The van der Waals surface area contributed by atoms with Gasteiger partial charge in [0.15, 0.2) is 11.5 Å². The zero-order valence-electron chi connectivity index (χ0n) is 10.4. The van der Waals surface area contributed by atoms with Gasteiger partial charge in [-0.25, -0.2) is 4.79 Å². The highest BCUT2D eigenvalue weighted by molar-refractivity contribution is 5.86. The number of aromatic nitrogens is 1. The number of rotatable bonds is 5. The van der Waals surface area contributed by atoms with Crippen molar-refractivity contribution in [2.45, 2.75) is 6.92 Å². The van der Waals surface area contributed by atoms with Gasteiger partial charge in [0.05, 0.1) is 0 Å². The van der Waals surface area contributed by atoms with Gasteiger partial charge in [-0.15, -0.1) is 0 Å². The molecule has 5 nitrogen and oxygen atoms in total. The molecule has 1 heterocycles. The summed E-state index contributed by atoms with van der Waals surface area (Å²) in [5, 5.41) is 12.2. The third-order valence-electron chi connectivity index (χ3n) is 2.35. The first kappa shape index (κ1) is 12.9. The minimum Gasteiger partial charge on any atom is -0.489 e. The summed E-state index contributed by atoms with van der Waals surface area (Å²) in [7, 11) is 0. The van der Waals surface area contributed by atoms with E-state index in [1.54, 1.807) is 24.3 Å². The topological polar surface area (TPSA) is 72.6 Å². The molecule has 0 aliphatic rings. The van der Waals surface area contributed by atoms with Crippen molar-refractivity contribution in [3.63, 3.8) is 0 Å². The molecule has 0 amide bonds. The van der Waals surface area contributed by atoms with Crippen LogP contribution in [-0.2, 0) is 0 Å². The van der Waals surface area contributed by atoms with Crippen LogP contribution in [0.4, 0.5) is 0 Å². The number of hydrogen-bond acceptors (Lipinski definition) is 4. The Morgan fingerprint density at radius 3 is 2.63 bits per heavy atom. The molecule has 0 saturated heterocycles. The van der Waals surface area contributed by atoms with Crippen molar-refractivity contribution in [3.8, 4) is 17.1 Å². The molecule has 0 radical (unpaired) electrons. The molecule has 0 bridgehead atoms. The molecule has 1 N–H and O–H groups in total. The Morgan fingerprint density at radius 1 is 1.42 bits per heavy atom. The van der Waals surface area contributed by atoms with Crippen molar-refractivity contribution in [1.29, 1.82) is 0 Å². The van der Waals surface area contributed by atoms with Crippen LogP contribution < -0.4 is 4.74 Å². The molecule has 0 atom stereocenters. The lowest BCUT2D eigenvalue weighted by Crippen LogP contribution is -1.97. The molecule has 19 heavy (non-hydrogen) atoms. The first-order valence-electron chi connectivity index (χ1n) is 5.64. The van der Waals surface area contributed by atoms with Crippen LogP contribution in [0, 0.1) is 0 Å². The number of carboxylic acids is 1. The third-order valence-corrected chi connectivity index (χ3v) is 2.35. The highest BCUT2D eigenvalue weighted by atomic mass is 16.5. The van der Waals surface area contributed by atoms with Gasteiger partial charge in [0.1, 0.15) is 12.4 Å². The van der Waals surface area contributed by atoms with Gasteiger partial charge in [0, 0.05) is 11.6 Å². The summed E-state index contributed by atoms with van der Waals surface area (Å²) >= 11 is 0. The van der Waals surface area contributed by atoms with E-state index in [4.69, 9.17) is 14.4 Å². The lowest BCUT2D eigenvalue weighted by molar-refractivity contribution is 0.0686. The molecule has 98 valence electrons. The molecule has 1 aromatic heterocycles. The average molecular weight is 259 g/mol. The average Bonchev–Trinajstić information content (AvgIpc) is 2.86. The molecule has 0 aliphatic heterocycles. The quantitative estimate of drug-likeness (QED) is 0.835. The second kappa shape index (κ2) is 5.39. The van der Waals surface area contributed by atoms with Gasteiger partial charge in [-0.1, -0.05) is 11.7 Å². The number of ether oxygens (including phenoxy) is 1. The Hall–Kier alpha value is -2.56. The zero-order valence-corrected chi connectivity index (χ0v) is 10.4. The Labute approximate surface area is 110 Å². The van der Waals surface area contributed by atoms with Crippen LogP contribution in [0.5, 0.6) is 5.75 Å². The lowest BCUT2D eigenvalue weighted by atomic mass is 10.1. The van der Waals surface area contributed by atoms with Gasteiger partial charge in [-0.05, 0) is 36.8 Å². The maximum atomic E-state index is 10.7. The van der Waals surface area contributed by atoms with Crippen LogP contribution in [0.15, 0.2) is 47.0 Å². The lowest BCUT2D eigenvalue weighted by Gasteiger charge is -2.05. The summed E-state index contributed by atoms with van der Waals surface area (Å²) in [6.45, 7) is 6.10. The number of carboxylic acid groups (broad SMARTS) is 1. The second-order valence-corrected chi connectivity index (χ2v) is 4.15. The molecule has 0 saturated carbocycles. The van der Waals surface area contributed by atoms with E-state index in [2.05, 4.69) is 11.7 Å². The second-order valence-electron chi connectivity index (χ2n) is 4.15. The Morgan fingerprint density at radius 2 is 2.11 bits per heavy atom. The normalized spacial score (nSPS) is 10.2. The van der Waals surface area contributed by atoms with Crippen molar-refractivity contribution in [1.82, 2.24) is 5.16 Å². The van der Waals surface area contributed by atoms with E-state index in [9.17, 15) is 4.79 Å². The molecular weight excluding hydrogens is 246 g/mol. The SMILES string of the molecule is C=C(C)COc1ccc(-c2cc(C(=O)O)no2)cc1. The largest absolute Gasteiger partial charge is 0.489 e. The van der Waals surface area contributed by atoms with E-state index in [0.29, 0.717) is 18.1 Å². The minimum absolute atomic E-state index is 0.113. The molecule has 2 rings (SSSR count). The fraction of sp³-hybridized carbons (Fsp3) is 0.143. The van der Waals surface area contributed by atoms with Crippen LogP contribution in [0.25, 0.3) is 11.3 Å². The van der Waals surface area contributed by atoms with Crippen molar-refractivity contribution < 1.29 is 19.2 Å². The molecule has 2 aromatic rings. The van der Waals surface area contributed by atoms with Crippen LogP contribution in [0.3, 0.4) is 0 Å². The number of nitrogens with zero attached hydrogens (tertiary/aromatic N) is 1. The summed E-state index contributed by atoms with van der Waals surface area (Å²) in [6.07, 6.45) is 0. The summed E-state index contributed by atoms with van der Waals surface area (Å²) < 4.78 is 10.4. The maximum Gasteiger partial charge on any atom is 0.358 e. The molecule has 1 aromatic carbocycles. The summed E-state index contributed by atoms with van der Waals surface area (Å²) in [4.78, 5) is 10.7. The maximum absolute atomic E-state index is 10.7. The zero-order chi connectivity index (χ0) is 13.8. The Balaban J connectivity index is 2.12. The van der Waals surface area contributed by atoms with Gasteiger partial charge in [-0.3, -0.25) is 0 Å². The highest BCUT2D eigenvalue weighted by Crippen LogP contribution is 2.23. The Bertz CT molecular complexity index is 598. The van der Waals surface area contributed by atoms with E-state index in [-0.39, 0.29) is 5.69 Å².